The number of aromatic nitrogens is 2. The predicted molar refractivity (Wildman–Crippen MR) is 129 cm³/mol. The maximum Gasteiger partial charge on any atom is 0.257 e. The van der Waals surface area contributed by atoms with Crippen molar-refractivity contribution in [3.05, 3.63) is 112 Å². The fourth-order valence-electron chi connectivity index (χ4n) is 3.28. The Balaban J connectivity index is 1.46. The van der Waals surface area contributed by atoms with Crippen LogP contribution in [0.5, 0.6) is 0 Å². The number of para-hydroxylation sites is 1. The fraction of sp³-hybridized carbons (Fsp3) is 0.0800. The molecule has 0 unspecified atom stereocenters. The maximum absolute atomic E-state index is 12.9. The van der Waals surface area contributed by atoms with Gasteiger partial charge in [0.25, 0.3) is 11.8 Å². The molecule has 1 heterocycles. The molecule has 6 nitrogen and oxygen atoms in total. The number of rotatable bonds is 6. The van der Waals surface area contributed by atoms with Crippen LogP contribution in [0.4, 0.5) is 11.4 Å². The van der Waals surface area contributed by atoms with Crippen LogP contribution in [0, 0.1) is 6.92 Å². The average molecular weight is 489 g/mol. The molecule has 0 saturated carbocycles. The summed E-state index contributed by atoms with van der Waals surface area (Å²) in [6, 6.07) is 21.7. The van der Waals surface area contributed by atoms with Crippen molar-refractivity contribution in [3.63, 3.8) is 0 Å². The highest BCUT2D eigenvalue weighted by Crippen LogP contribution is 2.21. The van der Waals surface area contributed by atoms with Crippen LogP contribution in [0.3, 0.4) is 0 Å². The van der Waals surface area contributed by atoms with Crippen molar-refractivity contribution >= 4 is 39.1 Å². The van der Waals surface area contributed by atoms with Gasteiger partial charge in [0.05, 0.1) is 16.8 Å². The molecule has 1 aromatic heterocycles. The number of anilines is 2. The molecule has 2 N–H and O–H groups in total. The van der Waals surface area contributed by atoms with E-state index in [2.05, 4.69) is 36.1 Å². The van der Waals surface area contributed by atoms with Gasteiger partial charge in [0.15, 0.2) is 0 Å². The number of amides is 2. The Kier molecular flexibility index (Phi) is 6.47. The second-order valence-corrected chi connectivity index (χ2v) is 8.09. The van der Waals surface area contributed by atoms with Crippen LogP contribution in [0.1, 0.15) is 32.1 Å². The van der Waals surface area contributed by atoms with Gasteiger partial charge in [-0.05, 0) is 64.8 Å². The number of carbonyl (C=O) groups is 2. The Morgan fingerprint density at radius 2 is 1.53 bits per heavy atom. The molecule has 32 heavy (non-hydrogen) atoms. The zero-order valence-corrected chi connectivity index (χ0v) is 19.0. The third-order valence-corrected chi connectivity index (χ3v) is 5.72. The molecule has 0 atom stereocenters. The molecule has 0 aliphatic rings. The molecule has 3 aromatic carbocycles. The minimum absolute atomic E-state index is 0.295. The molecule has 0 aliphatic heterocycles. The number of nitrogens with one attached hydrogen (secondary N) is 2. The minimum Gasteiger partial charge on any atom is -0.331 e. The molecule has 0 fully saturated rings. The van der Waals surface area contributed by atoms with Gasteiger partial charge in [-0.2, -0.15) is 0 Å². The van der Waals surface area contributed by atoms with Crippen molar-refractivity contribution in [1.82, 2.24) is 9.55 Å². The highest BCUT2D eigenvalue weighted by molar-refractivity contribution is 9.10. The van der Waals surface area contributed by atoms with Gasteiger partial charge in [0, 0.05) is 29.1 Å². The molecule has 160 valence electrons. The minimum atomic E-state index is -0.300. The number of nitrogens with zero attached hydrogens (tertiary/aromatic N) is 2. The van der Waals surface area contributed by atoms with E-state index in [1.54, 1.807) is 48.7 Å². The topological polar surface area (TPSA) is 76.0 Å². The standard InChI is InChI=1S/C25H21BrN4O2/c1-17-27-14-15-30(17)16-18-10-12-19(13-11-18)28-25(32)21-7-3-5-9-23(21)29-24(31)20-6-2-4-8-22(20)26/h2-15H,16H2,1H3,(H,28,32)(H,29,31). The first-order valence-corrected chi connectivity index (χ1v) is 10.8. The van der Waals surface area contributed by atoms with Crippen LogP contribution in [0.15, 0.2) is 89.7 Å². The van der Waals surface area contributed by atoms with E-state index < -0.39 is 0 Å². The predicted octanol–water partition coefficient (Wildman–Crippen LogP) is 5.51. The number of imidazole rings is 1. The Morgan fingerprint density at radius 3 is 2.22 bits per heavy atom. The Morgan fingerprint density at radius 1 is 0.875 bits per heavy atom. The zero-order chi connectivity index (χ0) is 22.5. The number of hydrogen-bond donors (Lipinski definition) is 2. The molecule has 0 radical (unpaired) electrons. The summed E-state index contributed by atoms with van der Waals surface area (Å²) >= 11 is 3.38. The molecule has 2 amide bonds. The van der Waals surface area contributed by atoms with Crippen molar-refractivity contribution in [2.24, 2.45) is 0 Å². The monoisotopic (exact) mass is 488 g/mol. The Bertz CT molecular complexity index is 1260. The quantitative estimate of drug-likeness (QED) is 0.375. The van der Waals surface area contributed by atoms with Crippen LogP contribution >= 0.6 is 15.9 Å². The molecule has 7 heteroatoms. The van der Waals surface area contributed by atoms with Crippen LogP contribution < -0.4 is 10.6 Å². The van der Waals surface area contributed by atoms with E-state index in [1.165, 1.54) is 0 Å². The molecule has 0 spiro atoms. The third kappa shape index (κ3) is 4.95. The third-order valence-electron chi connectivity index (χ3n) is 5.03. The van der Waals surface area contributed by atoms with Gasteiger partial charge in [0.1, 0.15) is 5.82 Å². The van der Waals surface area contributed by atoms with Crippen molar-refractivity contribution in [1.29, 1.82) is 0 Å². The SMILES string of the molecule is Cc1nccn1Cc1ccc(NC(=O)c2ccccc2NC(=O)c2ccccc2Br)cc1. The highest BCUT2D eigenvalue weighted by Gasteiger charge is 2.15. The van der Waals surface area contributed by atoms with Gasteiger partial charge in [-0.15, -0.1) is 0 Å². The lowest BCUT2D eigenvalue weighted by Gasteiger charge is -2.12. The first kappa shape index (κ1) is 21.5. The largest absolute Gasteiger partial charge is 0.331 e. The van der Waals surface area contributed by atoms with E-state index in [-0.39, 0.29) is 11.8 Å². The normalized spacial score (nSPS) is 10.6. The maximum atomic E-state index is 12.9. The second kappa shape index (κ2) is 9.62. The zero-order valence-electron chi connectivity index (χ0n) is 17.4. The summed E-state index contributed by atoms with van der Waals surface area (Å²) in [5, 5.41) is 5.74. The van der Waals surface area contributed by atoms with E-state index in [1.807, 2.05) is 43.5 Å². The Labute approximate surface area is 194 Å². The highest BCUT2D eigenvalue weighted by atomic mass is 79.9. The van der Waals surface area contributed by atoms with Crippen LogP contribution in [-0.4, -0.2) is 21.4 Å². The van der Waals surface area contributed by atoms with Crippen molar-refractivity contribution in [3.8, 4) is 0 Å². The summed E-state index contributed by atoms with van der Waals surface area (Å²) in [7, 11) is 0. The van der Waals surface area contributed by atoms with Crippen LogP contribution in [0.2, 0.25) is 0 Å². The lowest BCUT2D eigenvalue weighted by Crippen LogP contribution is -2.18. The summed E-state index contributed by atoms with van der Waals surface area (Å²) in [4.78, 5) is 29.8. The van der Waals surface area contributed by atoms with Gasteiger partial charge in [-0.25, -0.2) is 4.98 Å². The molecular formula is C25H21BrN4O2. The molecule has 0 bridgehead atoms. The summed E-state index contributed by atoms with van der Waals surface area (Å²) < 4.78 is 2.74. The van der Waals surface area contributed by atoms with Crippen molar-refractivity contribution in [2.75, 3.05) is 10.6 Å². The lowest BCUT2D eigenvalue weighted by atomic mass is 10.1. The van der Waals surface area contributed by atoms with E-state index >= 15 is 0 Å². The van der Waals surface area contributed by atoms with Gasteiger partial charge in [-0.3, -0.25) is 9.59 Å². The van der Waals surface area contributed by atoms with E-state index in [4.69, 9.17) is 0 Å². The van der Waals surface area contributed by atoms with Crippen molar-refractivity contribution < 1.29 is 9.59 Å². The summed E-state index contributed by atoms with van der Waals surface area (Å²) in [5.41, 5.74) is 3.09. The van der Waals surface area contributed by atoms with Crippen molar-refractivity contribution in [2.45, 2.75) is 13.5 Å². The first-order valence-electron chi connectivity index (χ1n) is 10.0. The molecule has 4 aromatic rings. The number of carbonyl (C=O) groups excluding carboxylic acids is 2. The van der Waals surface area contributed by atoms with E-state index in [0.717, 1.165) is 11.4 Å². The average Bonchev–Trinajstić information content (AvgIpc) is 3.20. The lowest BCUT2D eigenvalue weighted by molar-refractivity contribution is 0.102. The molecule has 0 saturated heterocycles. The molecule has 0 aliphatic carbocycles. The smallest absolute Gasteiger partial charge is 0.257 e. The number of aryl methyl sites for hydroxylation is 1. The number of hydrogen-bond acceptors (Lipinski definition) is 3. The summed E-state index contributed by atoms with van der Waals surface area (Å²) in [6.07, 6.45) is 3.71. The molecular weight excluding hydrogens is 468 g/mol. The summed E-state index contributed by atoms with van der Waals surface area (Å²) in [6.45, 7) is 2.67. The van der Waals surface area contributed by atoms with Gasteiger partial charge in [0.2, 0.25) is 0 Å². The Hall–Kier alpha value is -3.71. The van der Waals surface area contributed by atoms with Gasteiger partial charge in [-0.1, -0.05) is 36.4 Å². The summed E-state index contributed by atoms with van der Waals surface area (Å²) in [5.74, 6) is 0.353. The number of benzene rings is 3. The first-order chi connectivity index (χ1) is 15.5. The van der Waals surface area contributed by atoms with Gasteiger partial charge < -0.3 is 15.2 Å². The van der Waals surface area contributed by atoms with E-state index in [0.29, 0.717) is 33.5 Å². The van der Waals surface area contributed by atoms with Crippen LogP contribution in [0.25, 0.3) is 0 Å². The van der Waals surface area contributed by atoms with Gasteiger partial charge >= 0.3 is 0 Å². The molecule has 4 rings (SSSR count). The second-order valence-electron chi connectivity index (χ2n) is 7.23. The van der Waals surface area contributed by atoms with E-state index in [9.17, 15) is 9.59 Å². The number of halogens is 1. The fourth-order valence-corrected chi connectivity index (χ4v) is 3.75. The van der Waals surface area contributed by atoms with Crippen LogP contribution in [-0.2, 0) is 6.54 Å².